The Bertz CT molecular complexity index is 1080. The van der Waals surface area contributed by atoms with Crippen LogP contribution in [0.15, 0.2) is 35.1 Å². The van der Waals surface area contributed by atoms with Crippen molar-refractivity contribution in [1.29, 1.82) is 0 Å². The second kappa shape index (κ2) is 7.39. The van der Waals surface area contributed by atoms with E-state index < -0.39 is 6.04 Å². The molecule has 1 aliphatic rings. The van der Waals surface area contributed by atoms with Crippen molar-refractivity contribution in [3.8, 4) is 0 Å². The summed E-state index contributed by atoms with van der Waals surface area (Å²) in [6.45, 7) is 8.97. The Morgan fingerprint density at radius 2 is 2.18 bits per heavy atom. The van der Waals surface area contributed by atoms with Crippen molar-refractivity contribution in [1.82, 2.24) is 19.5 Å². The number of likely N-dealkylation sites (tertiary alicyclic amines) is 1. The number of nitrogens with one attached hydrogen (secondary N) is 2. The Hall–Kier alpha value is -2.67. The van der Waals surface area contributed by atoms with Gasteiger partial charge in [0.15, 0.2) is 5.65 Å². The zero-order chi connectivity index (χ0) is 19.8. The van der Waals surface area contributed by atoms with E-state index >= 15 is 0 Å². The first kappa shape index (κ1) is 18.7. The van der Waals surface area contributed by atoms with E-state index in [0.29, 0.717) is 18.2 Å². The van der Waals surface area contributed by atoms with E-state index in [4.69, 9.17) is 0 Å². The minimum atomic E-state index is -0.420. The van der Waals surface area contributed by atoms with E-state index in [1.807, 2.05) is 47.3 Å². The highest BCUT2D eigenvalue weighted by molar-refractivity contribution is 5.94. The van der Waals surface area contributed by atoms with Gasteiger partial charge in [-0.05, 0) is 32.9 Å². The van der Waals surface area contributed by atoms with Crippen LogP contribution in [0.1, 0.15) is 38.4 Å². The first-order valence-electron chi connectivity index (χ1n) is 10.1. The van der Waals surface area contributed by atoms with Gasteiger partial charge in [0.05, 0.1) is 25.2 Å². The third-order valence-electron chi connectivity index (χ3n) is 6.04. The smallest absolute Gasteiger partial charge is 0.273 e. The lowest BCUT2D eigenvalue weighted by Crippen LogP contribution is -3.14. The van der Waals surface area contributed by atoms with Crippen molar-refractivity contribution in [2.45, 2.75) is 45.7 Å². The predicted octanol–water partition coefficient (Wildman–Crippen LogP) is 0.702. The number of rotatable bonds is 5. The molecule has 0 aliphatic carbocycles. The third kappa shape index (κ3) is 3.09. The summed E-state index contributed by atoms with van der Waals surface area (Å²) >= 11 is 0. The maximum Gasteiger partial charge on any atom is 0.273 e. The van der Waals surface area contributed by atoms with Gasteiger partial charge in [0.25, 0.3) is 5.56 Å². The third-order valence-corrected chi connectivity index (χ3v) is 6.04. The molecule has 28 heavy (non-hydrogen) atoms. The lowest BCUT2D eigenvalue weighted by molar-refractivity contribution is -0.909. The molecule has 7 heteroatoms. The van der Waals surface area contributed by atoms with Crippen molar-refractivity contribution >= 4 is 22.5 Å². The molecule has 3 unspecified atom stereocenters. The van der Waals surface area contributed by atoms with Crippen molar-refractivity contribution in [3.05, 3.63) is 46.4 Å². The molecule has 148 valence electrons. The summed E-state index contributed by atoms with van der Waals surface area (Å²) in [5, 5.41) is 4.04. The quantitative estimate of drug-likeness (QED) is 0.682. The summed E-state index contributed by atoms with van der Waals surface area (Å²) in [5.74, 6) is -0.0110. The molecule has 1 fully saturated rings. The summed E-state index contributed by atoms with van der Waals surface area (Å²) in [7, 11) is 0. The minimum absolute atomic E-state index is 0.0110. The van der Waals surface area contributed by atoms with E-state index in [1.54, 1.807) is 4.90 Å². The number of carbonyl (C=O) groups is 1. The van der Waals surface area contributed by atoms with E-state index in [9.17, 15) is 9.59 Å². The molecule has 3 heterocycles. The number of quaternary nitrogens is 1. The Kier molecular flexibility index (Phi) is 4.93. The molecule has 0 spiro atoms. The van der Waals surface area contributed by atoms with Gasteiger partial charge in [-0.2, -0.15) is 4.98 Å². The molecule has 4 rings (SSSR count). The number of hydrogen-bond donors (Lipinski definition) is 2. The summed E-state index contributed by atoms with van der Waals surface area (Å²) in [6, 6.07) is 9.37. The molecule has 7 nitrogen and oxygen atoms in total. The zero-order valence-electron chi connectivity index (χ0n) is 16.7. The highest BCUT2D eigenvalue weighted by atomic mass is 16.2. The second-order valence-corrected chi connectivity index (χ2v) is 7.75. The highest BCUT2D eigenvalue weighted by Crippen LogP contribution is 2.24. The van der Waals surface area contributed by atoms with Gasteiger partial charge in [0.2, 0.25) is 5.91 Å². The fourth-order valence-corrected chi connectivity index (χ4v) is 4.57. The molecular formula is C21H28N5O2+. The monoisotopic (exact) mass is 382 g/mol. The number of aromatic nitrogens is 3. The van der Waals surface area contributed by atoms with E-state index in [2.05, 4.69) is 17.2 Å². The number of benzene rings is 1. The second-order valence-electron chi connectivity index (χ2n) is 7.75. The molecule has 2 aromatic heterocycles. The van der Waals surface area contributed by atoms with Gasteiger partial charge in [0.1, 0.15) is 12.1 Å². The van der Waals surface area contributed by atoms with Crippen molar-refractivity contribution in [3.63, 3.8) is 0 Å². The van der Waals surface area contributed by atoms with Crippen LogP contribution in [0.25, 0.3) is 16.6 Å². The fourth-order valence-electron chi connectivity index (χ4n) is 4.57. The maximum absolute atomic E-state index is 13.0. The number of aryl methyl sites for hydroxylation is 1. The largest absolute Gasteiger partial charge is 0.348 e. The van der Waals surface area contributed by atoms with Gasteiger partial charge in [0, 0.05) is 30.0 Å². The van der Waals surface area contributed by atoms with Crippen molar-refractivity contribution < 1.29 is 9.69 Å². The van der Waals surface area contributed by atoms with Crippen molar-refractivity contribution in [2.75, 3.05) is 19.6 Å². The van der Waals surface area contributed by atoms with Crippen LogP contribution in [0.3, 0.4) is 0 Å². The number of fused-ring (bicyclic) bond motifs is 3. The molecular weight excluding hydrogens is 354 g/mol. The van der Waals surface area contributed by atoms with Crippen LogP contribution in [0.2, 0.25) is 0 Å². The first-order valence-corrected chi connectivity index (χ1v) is 10.1. The summed E-state index contributed by atoms with van der Waals surface area (Å²) < 4.78 is 3.83. The number of likely N-dealkylation sites (N-methyl/N-ethyl adjacent to an activating group) is 1. The molecule has 2 N–H and O–H groups in total. The number of carbonyl (C=O) groups excluding carboxylic acids is 1. The van der Waals surface area contributed by atoms with Crippen LogP contribution in [0.4, 0.5) is 0 Å². The molecule has 1 amide bonds. The highest BCUT2D eigenvalue weighted by Gasteiger charge is 2.29. The van der Waals surface area contributed by atoms with Gasteiger partial charge < -0.3 is 10.2 Å². The van der Waals surface area contributed by atoms with Crippen LogP contribution in [0.5, 0.6) is 0 Å². The lowest BCUT2D eigenvalue weighted by atomic mass is 10.2. The van der Waals surface area contributed by atoms with Gasteiger partial charge in [-0.25, -0.2) is 4.52 Å². The number of amides is 1. The van der Waals surface area contributed by atoms with Gasteiger partial charge in [-0.15, -0.1) is 0 Å². The number of para-hydroxylation sites is 1. The standard InChI is InChI=1S/C21H27N5O2/c1-4-24-11-7-8-16(24)13-22-21(28)15(3)26-18-10-6-5-9-17(18)20-23-19(27)12-14(2)25(20)26/h5-6,9-10,12,15-16H,4,7-8,11,13H2,1-3H3,(H,22,28)/p+1. The molecule has 0 saturated carbocycles. The lowest BCUT2D eigenvalue weighted by Gasteiger charge is -2.22. The molecule has 1 aromatic carbocycles. The zero-order valence-corrected chi connectivity index (χ0v) is 16.7. The first-order chi connectivity index (χ1) is 13.5. The normalized spacial score (nSPS) is 20.7. The van der Waals surface area contributed by atoms with E-state index in [0.717, 1.165) is 29.6 Å². The average molecular weight is 382 g/mol. The SMILES string of the molecule is CC[NH+]1CCCC1CNC(=O)C(C)n1c2ccccc2c2nc(=O)cc(C)n21. The number of nitrogens with zero attached hydrogens (tertiary/aromatic N) is 3. The van der Waals surface area contributed by atoms with Crippen LogP contribution >= 0.6 is 0 Å². The Morgan fingerprint density at radius 3 is 2.96 bits per heavy atom. The fraction of sp³-hybridized carbons (Fsp3) is 0.476. The molecule has 1 saturated heterocycles. The topological polar surface area (TPSA) is 72.8 Å². The van der Waals surface area contributed by atoms with Gasteiger partial charge in [-0.3, -0.25) is 14.3 Å². The summed E-state index contributed by atoms with van der Waals surface area (Å²) in [6.07, 6.45) is 2.39. The Morgan fingerprint density at radius 1 is 1.39 bits per heavy atom. The maximum atomic E-state index is 13.0. The van der Waals surface area contributed by atoms with Gasteiger partial charge in [-0.1, -0.05) is 12.1 Å². The minimum Gasteiger partial charge on any atom is -0.348 e. The van der Waals surface area contributed by atoms with E-state index in [1.165, 1.54) is 19.0 Å². The van der Waals surface area contributed by atoms with Crippen LogP contribution < -0.4 is 15.8 Å². The van der Waals surface area contributed by atoms with E-state index in [-0.39, 0.29) is 11.5 Å². The molecule has 3 atom stereocenters. The summed E-state index contributed by atoms with van der Waals surface area (Å²) in [4.78, 5) is 30.8. The van der Waals surface area contributed by atoms with Gasteiger partial charge >= 0.3 is 0 Å². The molecule has 0 bridgehead atoms. The molecule has 0 radical (unpaired) electrons. The Labute approximate surface area is 163 Å². The Balaban J connectivity index is 1.69. The molecule has 3 aromatic rings. The summed E-state index contributed by atoms with van der Waals surface area (Å²) in [5.41, 5.74) is 2.00. The van der Waals surface area contributed by atoms with Crippen LogP contribution in [0, 0.1) is 6.92 Å². The van der Waals surface area contributed by atoms with Crippen LogP contribution in [-0.4, -0.2) is 45.8 Å². The molecule has 1 aliphatic heterocycles. The predicted molar refractivity (Wildman–Crippen MR) is 109 cm³/mol. The van der Waals surface area contributed by atoms with Crippen molar-refractivity contribution in [2.24, 2.45) is 0 Å². The number of hydrogen-bond acceptors (Lipinski definition) is 3. The van der Waals surface area contributed by atoms with Crippen LogP contribution in [-0.2, 0) is 4.79 Å². The average Bonchev–Trinajstić information content (AvgIpc) is 3.27.